The SMILES string of the molecule is Cc1cccc(CN(C(=O)CCCN2C(=O)c3cccc4cccc2c34)[C@H](C)C(=O)NC(C)C)c1. The van der Waals surface area contributed by atoms with Crippen molar-refractivity contribution in [3.63, 3.8) is 0 Å². The van der Waals surface area contributed by atoms with Crippen molar-refractivity contribution >= 4 is 34.2 Å². The minimum absolute atomic E-state index is 0.00797. The molecule has 0 bridgehead atoms. The fourth-order valence-electron chi connectivity index (χ4n) is 4.73. The van der Waals surface area contributed by atoms with Gasteiger partial charge in [0, 0.05) is 36.5 Å². The molecule has 0 spiro atoms. The zero-order valence-electron chi connectivity index (χ0n) is 20.9. The van der Waals surface area contributed by atoms with Gasteiger partial charge in [-0.25, -0.2) is 0 Å². The average molecular weight is 472 g/mol. The van der Waals surface area contributed by atoms with Gasteiger partial charge in [0.15, 0.2) is 0 Å². The maximum atomic E-state index is 13.4. The smallest absolute Gasteiger partial charge is 0.258 e. The zero-order valence-corrected chi connectivity index (χ0v) is 20.9. The van der Waals surface area contributed by atoms with Crippen LogP contribution in [0, 0.1) is 6.92 Å². The van der Waals surface area contributed by atoms with E-state index in [2.05, 4.69) is 5.32 Å². The summed E-state index contributed by atoms with van der Waals surface area (Å²) < 4.78 is 0. The molecular formula is C29H33N3O3. The van der Waals surface area contributed by atoms with Crippen LogP contribution in [0.3, 0.4) is 0 Å². The zero-order chi connectivity index (χ0) is 25.1. The van der Waals surface area contributed by atoms with Crippen LogP contribution in [0.2, 0.25) is 0 Å². The molecule has 35 heavy (non-hydrogen) atoms. The Morgan fingerprint density at radius 3 is 2.43 bits per heavy atom. The highest BCUT2D eigenvalue weighted by Gasteiger charge is 2.30. The van der Waals surface area contributed by atoms with Gasteiger partial charge in [0.2, 0.25) is 11.8 Å². The Bertz CT molecular complexity index is 1260. The molecule has 6 nitrogen and oxygen atoms in total. The number of anilines is 1. The van der Waals surface area contributed by atoms with Gasteiger partial charge in [0.25, 0.3) is 5.91 Å². The summed E-state index contributed by atoms with van der Waals surface area (Å²) in [6, 6.07) is 19.1. The fourth-order valence-corrected chi connectivity index (χ4v) is 4.73. The van der Waals surface area contributed by atoms with E-state index in [0.717, 1.165) is 27.6 Å². The molecule has 0 fully saturated rings. The van der Waals surface area contributed by atoms with E-state index in [9.17, 15) is 14.4 Å². The van der Waals surface area contributed by atoms with E-state index in [0.29, 0.717) is 25.1 Å². The van der Waals surface area contributed by atoms with Crippen molar-refractivity contribution in [2.75, 3.05) is 11.4 Å². The third-order valence-electron chi connectivity index (χ3n) is 6.46. The number of aryl methyl sites for hydroxylation is 1. The molecule has 3 amide bonds. The molecule has 1 aliphatic heterocycles. The van der Waals surface area contributed by atoms with E-state index in [1.54, 1.807) is 16.7 Å². The van der Waals surface area contributed by atoms with Gasteiger partial charge in [0.05, 0.1) is 5.69 Å². The first-order valence-corrected chi connectivity index (χ1v) is 12.2. The Morgan fingerprint density at radius 2 is 1.71 bits per heavy atom. The number of hydrogen-bond donors (Lipinski definition) is 1. The second-order valence-electron chi connectivity index (χ2n) is 9.59. The van der Waals surface area contributed by atoms with Crippen LogP contribution in [0.1, 0.15) is 55.1 Å². The first-order chi connectivity index (χ1) is 16.8. The van der Waals surface area contributed by atoms with Gasteiger partial charge < -0.3 is 15.1 Å². The van der Waals surface area contributed by atoms with Gasteiger partial charge in [-0.2, -0.15) is 0 Å². The van der Waals surface area contributed by atoms with Crippen molar-refractivity contribution in [1.29, 1.82) is 0 Å². The number of amides is 3. The molecule has 3 aromatic carbocycles. The van der Waals surface area contributed by atoms with Crippen LogP contribution in [0.15, 0.2) is 60.7 Å². The number of carbonyl (C=O) groups excluding carboxylic acids is 3. The normalized spacial score (nSPS) is 13.4. The third kappa shape index (κ3) is 5.21. The Morgan fingerprint density at radius 1 is 1.00 bits per heavy atom. The lowest BCUT2D eigenvalue weighted by molar-refractivity contribution is -0.140. The summed E-state index contributed by atoms with van der Waals surface area (Å²) in [7, 11) is 0. The number of rotatable bonds is 9. The van der Waals surface area contributed by atoms with Crippen molar-refractivity contribution in [2.24, 2.45) is 0 Å². The number of hydrogen-bond acceptors (Lipinski definition) is 3. The molecule has 182 valence electrons. The van der Waals surface area contributed by atoms with Gasteiger partial charge in [-0.15, -0.1) is 0 Å². The van der Waals surface area contributed by atoms with E-state index < -0.39 is 6.04 Å². The van der Waals surface area contributed by atoms with E-state index in [1.165, 1.54) is 0 Å². The number of carbonyl (C=O) groups is 3. The maximum absolute atomic E-state index is 13.4. The number of nitrogens with zero attached hydrogens (tertiary/aromatic N) is 2. The van der Waals surface area contributed by atoms with E-state index in [4.69, 9.17) is 0 Å². The lowest BCUT2D eigenvalue weighted by atomic mass is 10.1. The summed E-state index contributed by atoms with van der Waals surface area (Å²) in [4.78, 5) is 42.6. The Balaban J connectivity index is 1.46. The quantitative estimate of drug-likeness (QED) is 0.486. The minimum atomic E-state index is -0.600. The largest absolute Gasteiger partial charge is 0.352 e. The summed E-state index contributed by atoms with van der Waals surface area (Å²) in [6.45, 7) is 8.40. The predicted octanol–water partition coefficient (Wildman–Crippen LogP) is 4.83. The third-order valence-corrected chi connectivity index (χ3v) is 6.46. The predicted molar refractivity (Wildman–Crippen MR) is 139 cm³/mol. The topological polar surface area (TPSA) is 69.7 Å². The summed E-state index contributed by atoms with van der Waals surface area (Å²) in [5.74, 6) is -0.288. The second kappa shape index (κ2) is 10.3. The molecule has 0 radical (unpaired) electrons. The van der Waals surface area contributed by atoms with Crippen LogP contribution in [0.25, 0.3) is 10.8 Å². The van der Waals surface area contributed by atoms with E-state index in [-0.39, 0.29) is 30.2 Å². The van der Waals surface area contributed by atoms with Crippen LogP contribution in [0.4, 0.5) is 5.69 Å². The summed E-state index contributed by atoms with van der Waals surface area (Å²) >= 11 is 0. The maximum Gasteiger partial charge on any atom is 0.258 e. The summed E-state index contributed by atoms with van der Waals surface area (Å²) in [5, 5.41) is 4.94. The molecule has 4 rings (SSSR count). The van der Waals surface area contributed by atoms with Crippen LogP contribution in [-0.4, -0.2) is 41.2 Å². The van der Waals surface area contributed by atoms with E-state index >= 15 is 0 Å². The lowest BCUT2D eigenvalue weighted by Crippen LogP contribution is -2.49. The monoisotopic (exact) mass is 471 g/mol. The van der Waals surface area contributed by atoms with Crippen molar-refractivity contribution in [3.8, 4) is 0 Å². The molecule has 1 heterocycles. The van der Waals surface area contributed by atoms with Gasteiger partial charge in [-0.05, 0) is 57.2 Å². The molecule has 6 heteroatoms. The minimum Gasteiger partial charge on any atom is -0.352 e. The van der Waals surface area contributed by atoms with Gasteiger partial charge >= 0.3 is 0 Å². The fraction of sp³-hybridized carbons (Fsp3) is 0.345. The van der Waals surface area contributed by atoms with Crippen LogP contribution in [-0.2, 0) is 16.1 Å². The first kappa shape index (κ1) is 24.5. The molecule has 3 aromatic rings. The van der Waals surface area contributed by atoms with Crippen LogP contribution in [0.5, 0.6) is 0 Å². The summed E-state index contributed by atoms with van der Waals surface area (Å²) in [5.41, 5.74) is 3.70. The standard InChI is InChI=1S/C29H33N3O3/c1-19(2)30-28(34)21(4)32(18-22-10-5-9-20(3)17-22)26(33)15-8-16-31-25-14-7-12-23-11-6-13-24(27(23)25)29(31)35/h5-7,9-14,17,19,21H,8,15-16,18H2,1-4H3,(H,30,34)/t21-/m1/s1. The van der Waals surface area contributed by atoms with E-state index in [1.807, 2.05) is 81.4 Å². The Kier molecular flexibility index (Phi) is 7.20. The number of benzene rings is 3. The highest BCUT2D eigenvalue weighted by molar-refractivity contribution is 6.25. The van der Waals surface area contributed by atoms with Crippen molar-refractivity contribution in [2.45, 2.75) is 59.2 Å². The molecule has 1 atom stereocenters. The average Bonchev–Trinajstić information content (AvgIpc) is 3.10. The highest BCUT2D eigenvalue weighted by atomic mass is 16.2. The molecule has 1 aliphatic rings. The van der Waals surface area contributed by atoms with Crippen LogP contribution < -0.4 is 10.2 Å². The molecule has 1 N–H and O–H groups in total. The molecule has 0 saturated heterocycles. The van der Waals surface area contributed by atoms with Crippen molar-refractivity contribution < 1.29 is 14.4 Å². The number of nitrogens with one attached hydrogen (secondary N) is 1. The van der Waals surface area contributed by atoms with Gasteiger partial charge in [-0.1, -0.05) is 54.1 Å². The molecular weight excluding hydrogens is 438 g/mol. The summed E-state index contributed by atoms with van der Waals surface area (Å²) in [6.07, 6.45) is 0.763. The van der Waals surface area contributed by atoms with Crippen LogP contribution >= 0.6 is 0 Å². The molecule has 0 saturated carbocycles. The second-order valence-corrected chi connectivity index (χ2v) is 9.59. The van der Waals surface area contributed by atoms with Gasteiger partial charge in [-0.3, -0.25) is 14.4 Å². The Hall–Kier alpha value is -3.67. The molecule has 0 unspecified atom stereocenters. The first-order valence-electron chi connectivity index (χ1n) is 12.2. The lowest BCUT2D eigenvalue weighted by Gasteiger charge is -2.30. The van der Waals surface area contributed by atoms with Gasteiger partial charge in [0.1, 0.15) is 6.04 Å². The van der Waals surface area contributed by atoms with Crippen molar-refractivity contribution in [1.82, 2.24) is 10.2 Å². The molecule has 0 aromatic heterocycles. The molecule has 0 aliphatic carbocycles. The van der Waals surface area contributed by atoms with Crippen molar-refractivity contribution in [3.05, 3.63) is 77.4 Å². The Labute approximate surface area is 206 Å². The highest BCUT2D eigenvalue weighted by Crippen LogP contribution is 2.37.